The molecule has 1 aliphatic heterocycles. The normalized spacial score (nSPS) is 15.6. The van der Waals surface area contributed by atoms with Crippen LogP contribution in [0.2, 0.25) is 0 Å². The number of benzene rings is 2. The standard InChI is InChI=1S/C20H18N4O3/c1-27-17-10-6-5-9-15(17)22-20(26)16-11-18(25)23-19-14(12-21-24(16)19)13-7-3-2-4-8-13/h2-10,12,16H,11H2,1H3,(H,22,26)(H,23,25)/t16-/m1/s1. The molecule has 3 aromatic rings. The fourth-order valence-electron chi connectivity index (χ4n) is 3.16. The van der Waals surface area contributed by atoms with Crippen molar-refractivity contribution in [1.29, 1.82) is 0 Å². The number of hydrogen-bond acceptors (Lipinski definition) is 4. The maximum atomic E-state index is 12.9. The van der Waals surface area contributed by atoms with Crippen LogP contribution in [0.5, 0.6) is 5.75 Å². The molecule has 2 N–H and O–H groups in total. The Morgan fingerprint density at radius 1 is 1.19 bits per heavy atom. The summed E-state index contributed by atoms with van der Waals surface area (Å²) in [6.45, 7) is 0. The highest BCUT2D eigenvalue weighted by molar-refractivity contribution is 6.03. The minimum atomic E-state index is -0.740. The molecule has 0 fully saturated rings. The van der Waals surface area contributed by atoms with E-state index in [-0.39, 0.29) is 18.2 Å². The predicted octanol–water partition coefficient (Wildman–Crippen LogP) is 3.08. The van der Waals surface area contributed by atoms with E-state index in [0.29, 0.717) is 17.3 Å². The number of rotatable bonds is 4. The summed E-state index contributed by atoms with van der Waals surface area (Å²) in [7, 11) is 1.54. The zero-order valence-corrected chi connectivity index (χ0v) is 14.7. The van der Waals surface area contributed by atoms with Gasteiger partial charge in [0.15, 0.2) is 0 Å². The number of aromatic nitrogens is 2. The van der Waals surface area contributed by atoms with E-state index in [1.54, 1.807) is 29.1 Å². The monoisotopic (exact) mass is 362 g/mol. The molecule has 0 saturated heterocycles. The molecule has 2 heterocycles. The second-order valence-corrected chi connectivity index (χ2v) is 6.18. The number of hydrogen-bond donors (Lipinski definition) is 2. The van der Waals surface area contributed by atoms with Gasteiger partial charge < -0.3 is 15.4 Å². The third-order valence-electron chi connectivity index (χ3n) is 4.48. The van der Waals surface area contributed by atoms with Crippen LogP contribution in [0.3, 0.4) is 0 Å². The van der Waals surface area contributed by atoms with Crippen LogP contribution in [0.15, 0.2) is 60.8 Å². The summed E-state index contributed by atoms with van der Waals surface area (Å²) < 4.78 is 6.83. The topological polar surface area (TPSA) is 85.2 Å². The van der Waals surface area contributed by atoms with Gasteiger partial charge in [-0.25, -0.2) is 4.68 Å². The van der Waals surface area contributed by atoms with Crippen molar-refractivity contribution in [2.75, 3.05) is 17.7 Å². The average Bonchev–Trinajstić information content (AvgIpc) is 3.12. The predicted molar refractivity (Wildman–Crippen MR) is 102 cm³/mol. The quantitative estimate of drug-likeness (QED) is 0.747. The van der Waals surface area contributed by atoms with E-state index in [4.69, 9.17) is 4.74 Å². The molecule has 0 radical (unpaired) electrons. The molecular formula is C20H18N4O3. The number of methoxy groups -OCH3 is 1. The van der Waals surface area contributed by atoms with Crippen molar-refractivity contribution in [3.05, 3.63) is 60.8 Å². The zero-order chi connectivity index (χ0) is 18.8. The smallest absolute Gasteiger partial charge is 0.249 e. The first-order valence-electron chi connectivity index (χ1n) is 8.54. The number of para-hydroxylation sites is 2. The number of ether oxygens (including phenoxy) is 1. The summed E-state index contributed by atoms with van der Waals surface area (Å²) in [5.41, 5.74) is 2.25. The van der Waals surface area contributed by atoms with Gasteiger partial charge in [0.25, 0.3) is 0 Å². The van der Waals surface area contributed by atoms with Crippen LogP contribution in [0.1, 0.15) is 12.5 Å². The Labute approximate surface area is 156 Å². The van der Waals surface area contributed by atoms with E-state index >= 15 is 0 Å². The van der Waals surface area contributed by atoms with Crippen molar-refractivity contribution in [3.63, 3.8) is 0 Å². The number of amides is 2. The van der Waals surface area contributed by atoms with Gasteiger partial charge in [0.2, 0.25) is 11.8 Å². The summed E-state index contributed by atoms with van der Waals surface area (Å²) in [6, 6.07) is 16.0. The first-order chi connectivity index (χ1) is 13.2. The molecule has 2 amide bonds. The third kappa shape index (κ3) is 3.15. The van der Waals surface area contributed by atoms with Crippen LogP contribution < -0.4 is 15.4 Å². The SMILES string of the molecule is COc1ccccc1NC(=O)[C@H]1CC(=O)Nc2c(-c3ccccc3)cnn21. The molecule has 2 aromatic carbocycles. The third-order valence-corrected chi connectivity index (χ3v) is 4.48. The van der Waals surface area contributed by atoms with Crippen molar-refractivity contribution < 1.29 is 14.3 Å². The van der Waals surface area contributed by atoms with Gasteiger partial charge in [-0.05, 0) is 17.7 Å². The molecule has 7 nitrogen and oxygen atoms in total. The molecule has 1 aromatic heterocycles. The van der Waals surface area contributed by atoms with Gasteiger partial charge in [0.05, 0.1) is 25.4 Å². The van der Waals surface area contributed by atoms with Crippen LogP contribution in [0.4, 0.5) is 11.5 Å². The Morgan fingerprint density at radius 3 is 2.70 bits per heavy atom. The van der Waals surface area contributed by atoms with Crippen LogP contribution in [-0.4, -0.2) is 28.7 Å². The fraction of sp³-hybridized carbons (Fsp3) is 0.150. The summed E-state index contributed by atoms with van der Waals surface area (Å²) in [4.78, 5) is 25.1. The lowest BCUT2D eigenvalue weighted by molar-refractivity contribution is -0.125. The number of nitrogens with zero attached hydrogens (tertiary/aromatic N) is 2. The van der Waals surface area contributed by atoms with E-state index in [1.165, 1.54) is 7.11 Å². The van der Waals surface area contributed by atoms with Gasteiger partial charge in [-0.2, -0.15) is 5.10 Å². The van der Waals surface area contributed by atoms with E-state index in [9.17, 15) is 9.59 Å². The molecule has 7 heteroatoms. The molecule has 0 aliphatic carbocycles. The molecule has 0 bridgehead atoms. The Kier molecular flexibility index (Phi) is 4.33. The van der Waals surface area contributed by atoms with E-state index in [0.717, 1.165) is 11.1 Å². The van der Waals surface area contributed by atoms with E-state index < -0.39 is 6.04 Å². The molecular weight excluding hydrogens is 344 g/mol. The highest BCUT2D eigenvalue weighted by atomic mass is 16.5. The Balaban J connectivity index is 1.67. The van der Waals surface area contributed by atoms with Crippen LogP contribution in [0.25, 0.3) is 11.1 Å². The molecule has 27 heavy (non-hydrogen) atoms. The molecule has 0 unspecified atom stereocenters. The minimum Gasteiger partial charge on any atom is -0.495 e. The summed E-state index contributed by atoms with van der Waals surface area (Å²) in [5.74, 6) is 0.535. The maximum absolute atomic E-state index is 12.9. The number of fused-ring (bicyclic) bond motifs is 1. The fourth-order valence-corrected chi connectivity index (χ4v) is 3.16. The Hall–Kier alpha value is -3.61. The van der Waals surface area contributed by atoms with Gasteiger partial charge in [-0.3, -0.25) is 9.59 Å². The van der Waals surface area contributed by atoms with Gasteiger partial charge in [0.1, 0.15) is 17.6 Å². The van der Waals surface area contributed by atoms with Crippen molar-refractivity contribution >= 4 is 23.3 Å². The maximum Gasteiger partial charge on any atom is 0.249 e. The number of carbonyl (C=O) groups is 2. The molecule has 0 saturated carbocycles. The lowest BCUT2D eigenvalue weighted by Gasteiger charge is -2.25. The van der Waals surface area contributed by atoms with Crippen molar-refractivity contribution in [2.45, 2.75) is 12.5 Å². The number of nitrogens with one attached hydrogen (secondary N) is 2. The molecule has 1 atom stereocenters. The molecule has 1 aliphatic rings. The minimum absolute atomic E-state index is 0.0178. The van der Waals surface area contributed by atoms with Crippen LogP contribution in [0, 0.1) is 0 Å². The molecule has 0 spiro atoms. The number of carbonyl (C=O) groups excluding carboxylic acids is 2. The summed E-state index contributed by atoms with van der Waals surface area (Å²) in [6.07, 6.45) is 1.68. The lowest BCUT2D eigenvalue weighted by atomic mass is 10.1. The first-order valence-corrected chi connectivity index (χ1v) is 8.54. The van der Waals surface area contributed by atoms with E-state index in [1.807, 2.05) is 36.4 Å². The van der Waals surface area contributed by atoms with Gasteiger partial charge in [-0.15, -0.1) is 0 Å². The van der Waals surface area contributed by atoms with Crippen molar-refractivity contribution in [3.8, 4) is 16.9 Å². The largest absolute Gasteiger partial charge is 0.495 e. The van der Waals surface area contributed by atoms with Crippen molar-refractivity contribution in [2.24, 2.45) is 0 Å². The van der Waals surface area contributed by atoms with Crippen LogP contribution >= 0.6 is 0 Å². The molecule has 4 rings (SSSR count). The highest BCUT2D eigenvalue weighted by Crippen LogP contribution is 2.34. The van der Waals surface area contributed by atoms with Crippen LogP contribution in [-0.2, 0) is 9.59 Å². The average molecular weight is 362 g/mol. The van der Waals surface area contributed by atoms with Crippen molar-refractivity contribution in [1.82, 2.24) is 9.78 Å². The highest BCUT2D eigenvalue weighted by Gasteiger charge is 2.33. The zero-order valence-electron chi connectivity index (χ0n) is 14.7. The summed E-state index contributed by atoms with van der Waals surface area (Å²) >= 11 is 0. The summed E-state index contributed by atoms with van der Waals surface area (Å²) in [5, 5.41) is 10.0. The Morgan fingerprint density at radius 2 is 1.93 bits per heavy atom. The molecule has 136 valence electrons. The van der Waals surface area contributed by atoms with Gasteiger partial charge >= 0.3 is 0 Å². The number of anilines is 2. The second kappa shape index (κ2) is 6.95. The van der Waals surface area contributed by atoms with E-state index in [2.05, 4.69) is 15.7 Å². The Bertz CT molecular complexity index is 997. The van der Waals surface area contributed by atoms with Gasteiger partial charge in [-0.1, -0.05) is 42.5 Å². The van der Waals surface area contributed by atoms with Gasteiger partial charge in [0, 0.05) is 5.56 Å². The first kappa shape index (κ1) is 16.8. The lowest BCUT2D eigenvalue weighted by Crippen LogP contribution is -2.35. The second-order valence-electron chi connectivity index (χ2n) is 6.18.